The van der Waals surface area contributed by atoms with Crippen molar-refractivity contribution in [2.75, 3.05) is 13.2 Å². The van der Waals surface area contributed by atoms with Gasteiger partial charge in [-0.05, 0) is 50.5 Å². The second-order valence-electron chi connectivity index (χ2n) is 9.25. The lowest BCUT2D eigenvalue weighted by Crippen LogP contribution is -2.30. The number of hydrogen-bond donors (Lipinski definition) is 1. The Morgan fingerprint density at radius 3 is 2.47 bits per heavy atom. The third-order valence-electron chi connectivity index (χ3n) is 6.44. The Labute approximate surface area is 227 Å². The van der Waals surface area contributed by atoms with E-state index in [0.29, 0.717) is 40.8 Å². The Morgan fingerprint density at radius 2 is 1.82 bits per heavy atom. The highest BCUT2D eigenvalue weighted by molar-refractivity contribution is 7.14. The Bertz CT molecular complexity index is 1330. The molecule has 7 nitrogen and oxygen atoms in total. The molecule has 200 valence electrons. The van der Waals surface area contributed by atoms with Crippen LogP contribution in [0.4, 0.5) is 0 Å². The van der Waals surface area contributed by atoms with Crippen LogP contribution in [0.15, 0.2) is 59.9 Å². The van der Waals surface area contributed by atoms with E-state index in [4.69, 9.17) is 9.47 Å². The highest BCUT2D eigenvalue weighted by Gasteiger charge is 2.44. The van der Waals surface area contributed by atoms with E-state index in [0.717, 1.165) is 29.8 Å². The van der Waals surface area contributed by atoms with E-state index in [-0.39, 0.29) is 12.1 Å². The summed E-state index contributed by atoms with van der Waals surface area (Å²) < 4.78 is 11.9. The van der Waals surface area contributed by atoms with Gasteiger partial charge in [0.05, 0.1) is 40.4 Å². The molecule has 2 aromatic carbocycles. The van der Waals surface area contributed by atoms with Crippen LogP contribution in [0.2, 0.25) is 0 Å². The number of rotatable bonds is 12. The molecule has 0 fully saturated rings. The van der Waals surface area contributed by atoms with Crippen molar-refractivity contribution >= 4 is 23.0 Å². The van der Waals surface area contributed by atoms with Crippen LogP contribution in [0.1, 0.15) is 70.7 Å². The largest absolute Gasteiger partial charge is 0.503 e. The molecule has 0 radical (unpaired) electrons. The predicted molar refractivity (Wildman–Crippen MR) is 148 cm³/mol. The van der Waals surface area contributed by atoms with Gasteiger partial charge >= 0.3 is 0 Å². The van der Waals surface area contributed by atoms with Gasteiger partial charge in [0.1, 0.15) is 0 Å². The molecule has 1 aromatic heterocycles. The number of amides is 1. The van der Waals surface area contributed by atoms with Crippen molar-refractivity contribution in [1.82, 2.24) is 9.88 Å². The first-order valence-electron chi connectivity index (χ1n) is 13.0. The molecule has 1 unspecified atom stereocenters. The Hall–Kier alpha value is -3.65. The van der Waals surface area contributed by atoms with Crippen molar-refractivity contribution in [1.29, 1.82) is 0 Å². The Kier molecular flexibility index (Phi) is 8.84. The molecule has 0 aliphatic carbocycles. The molecule has 1 amide bonds. The number of hydrogen-bond acceptors (Lipinski definition) is 7. The molecule has 1 aliphatic rings. The molecule has 4 rings (SSSR count). The monoisotopic (exact) mass is 534 g/mol. The van der Waals surface area contributed by atoms with Crippen molar-refractivity contribution in [2.24, 2.45) is 0 Å². The van der Waals surface area contributed by atoms with Gasteiger partial charge in [-0.15, -0.1) is 11.3 Å². The lowest BCUT2D eigenvalue weighted by molar-refractivity contribution is -0.130. The summed E-state index contributed by atoms with van der Waals surface area (Å²) in [6.45, 7) is 8.85. The highest BCUT2D eigenvalue weighted by atomic mass is 32.1. The Morgan fingerprint density at radius 1 is 1.05 bits per heavy atom. The maximum absolute atomic E-state index is 13.8. The van der Waals surface area contributed by atoms with Gasteiger partial charge < -0.3 is 19.5 Å². The minimum atomic E-state index is -0.801. The normalized spacial score (nSPS) is 15.3. The number of ether oxygens (including phenoxy) is 2. The standard InChI is InChI=1S/C30H34N2O5S/c1-5-7-11-16-37-23-15-14-22(17-24(23)36-6-2)26-25(27(33)29-19(3)31-20(4)38-29)28(34)30(35)32(26)18-21-12-9-8-10-13-21/h8-10,12-15,17,26,34H,5-7,11,16,18H2,1-4H3. The molecule has 1 aliphatic heterocycles. The number of ketones is 1. The molecule has 0 saturated heterocycles. The zero-order valence-corrected chi connectivity index (χ0v) is 23.1. The van der Waals surface area contributed by atoms with Crippen LogP contribution in [-0.2, 0) is 11.3 Å². The quantitative estimate of drug-likeness (QED) is 0.211. The van der Waals surface area contributed by atoms with Crippen molar-refractivity contribution in [3.63, 3.8) is 0 Å². The van der Waals surface area contributed by atoms with E-state index in [1.54, 1.807) is 6.92 Å². The number of unbranched alkanes of at least 4 members (excludes halogenated alkanes) is 2. The van der Waals surface area contributed by atoms with Gasteiger partial charge in [-0.2, -0.15) is 0 Å². The number of carbonyl (C=O) groups excluding carboxylic acids is 2. The van der Waals surface area contributed by atoms with Crippen LogP contribution in [-0.4, -0.2) is 39.9 Å². The summed E-state index contributed by atoms with van der Waals surface area (Å²) in [6, 6.07) is 14.2. The minimum Gasteiger partial charge on any atom is -0.503 e. The van der Waals surface area contributed by atoms with Crippen LogP contribution in [0.3, 0.4) is 0 Å². The van der Waals surface area contributed by atoms with Crippen molar-refractivity contribution in [3.05, 3.63) is 86.6 Å². The number of aromatic nitrogens is 1. The number of aliphatic hydroxyl groups excluding tert-OH is 1. The molecule has 3 aromatic rings. The van der Waals surface area contributed by atoms with E-state index < -0.39 is 23.5 Å². The summed E-state index contributed by atoms with van der Waals surface area (Å²) in [5.41, 5.74) is 2.18. The molecule has 0 saturated carbocycles. The zero-order valence-electron chi connectivity index (χ0n) is 22.3. The smallest absolute Gasteiger partial charge is 0.290 e. The third kappa shape index (κ3) is 5.75. The average molecular weight is 535 g/mol. The molecule has 0 spiro atoms. The topological polar surface area (TPSA) is 89.0 Å². The number of aryl methyl sites for hydroxylation is 2. The van der Waals surface area contributed by atoms with Crippen molar-refractivity contribution in [3.8, 4) is 11.5 Å². The Balaban J connectivity index is 1.77. The predicted octanol–water partition coefficient (Wildman–Crippen LogP) is 6.51. The van der Waals surface area contributed by atoms with Gasteiger partial charge in [-0.3, -0.25) is 9.59 Å². The lowest BCUT2D eigenvalue weighted by atomic mass is 9.94. The molecular weight excluding hydrogens is 500 g/mol. The van der Waals surface area contributed by atoms with Crippen molar-refractivity contribution < 1.29 is 24.2 Å². The van der Waals surface area contributed by atoms with Gasteiger partial charge in [-0.1, -0.05) is 56.2 Å². The van der Waals surface area contributed by atoms with Crippen LogP contribution in [0, 0.1) is 13.8 Å². The lowest BCUT2D eigenvalue weighted by Gasteiger charge is -2.27. The number of thiazole rings is 1. The number of benzene rings is 2. The molecular formula is C30H34N2O5S. The third-order valence-corrected chi connectivity index (χ3v) is 7.51. The van der Waals surface area contributed by atoms with Gasteiger partial charge in [0.15, 0.2) is 17.3 Å². The number of aliphatic hydroxyl groups is 1. The summed E-state index contributed by atoms with van der Waals surface area (Å²) in [5, 5.41) is 11.8. The second kappa shape index (κ2) is 12.3. The molecule has 2 heterocycles. The fraction of sp³-hybridized carbons (Fsp3) is 0.367. The van der Waals surface area contributed by atoms with Crippen LogP contribution < -0.4 is 9.47 Å². The van der Waals surface area contributed by atoms with Crippen LogP contribution in [0.5, 0.6) is 11.5 Å². The number of carbonyl (C=O) groups is 2. The summed E-state index contributed by atoms with van der Waals surface area (Å²) >= 11 is 1.26. The summed E-state index contributed by atoms with van der Waals surface area (Å²) in [6.07, 6.45) is 3.11. The summed E-state index contributed by atoms with van der Waals surface area (Å²) in [4.78, 5) is 33.6. The summed E-state index contributed by atoms with van der Waals surface area (Å²) in [7, 11) is 0. The highest BCUT2D eigenvalue weighted by Crippen LogP contribution is 2.43. The number of nitrogens with zero attached hydrogens (tertiary/aromatic N) is 2. The molecule has 38 heavy (non-hydrogen) atoms. The molecule has 8 heteroatoms. The zero-order chi connectivity index (χ0) is 27.2. The molecule has 1 N–H and O–H groups in total. The minimum absolute atomic E-state index is 0.0525. The van der Waals surface area contributed by atoms with E-state index >= 15 is 0 Å². The second-order valence-corrected chi connectivity index (χ2v) is 10.5. The number of Topliss-reactive ketones (excluding diaryl/α,β-unsaturated/α-hetero) is 1. The first-order valence-corrected chi connectivity index (χ1v) is 13.8. The fourth-order valence-corrected chi connectivity index (χ4v) is 5.53. The molecule has 1 atom stereocenters. The maximum atomic E-state index is 13.8. The van der Waals surface area contributed by atoms with E-state index in [1.165, 1.54) is 16.2 Å². The SMILES string of the molecule is CCCCCOc1ccc(C2C(C(=O)c3sc(C)nc3C)=C(O)C(=O)N2Cc2ccccc2)cc1OCC. The first kappa shape index (κ1) is 27.4. The van der Waals surface area contributed by atoms with Gasteiger partial charge in [0.25, 0.3) is 5.91 Å². The first-order chi connectivity index (χ1) is 18.3. The summed E-state index contributed by atoms with van der Waals surface area (Å²) in [5.74, 6) is -0.354. The van der Waals surface area contributed by atoms with E-state index in [2.05, 4.69) is 11.9 Å². The fourth-order valence-electron chi connectivity index (χ4n) is 4.66. The van der Waals surface area contributed by atoms with Crippen LogP contribution in [0.25, 0.3) is 0 Å². The van der Waals surface area contributed by atoms with Crippen LogP contribution >= 0.6 is 11.3 Å². The van der Waals surface area contributed by atoms with Gasteiger partial charge in [0.2, 0.25) is 5.78 Å². The van der Waals surface area contributed by atoms with Crippen molar-refractivity contribution in [2.45, 2.75) is 59.5 Å². The molecule has 0 bridgehead atoms. The van der Waals surface area contributed by atoms with Gasteiger partial charge in [-0.25, -0.2) is 4.98 Å². The van der Waals surface area contributed by atoms with E-state index in [1.807, 2.05) is 62.4 Å². The maximum Gasteiger partial charge on any atom is 0.290 e. The van der Waals surface area contributed by atoms with E-state index in [9.17, 15) is 14.7 Å². The van der Waals surface area contributed by atoms with Gasteiger partial charge in [0, 0.05) is 6.54 Å². The average Bonchev–Trinajstić information content (AvgIpc) is 3.38.